The van der Waals surface area contributed by atoms with Crippen molar-refractivity contribution < 1.29 is 9.53 Å². The quantitative estimate of drug-likeness (QED) is 0.903. The molecule has 1 N–H and O–H groups in total. The van der Waals surface area contributed by atoms with E-state index in [0.29, 0.717) is 13.2 Å². The second-order valence-electron chi connectivity index (χ2n) is 7.67. The first-order valence-corrected chi connectivity index (χ1v) is 8.96. The van der Waals surface area contributed by atoms with Gasteiger partial charge in [0, 0.05) is 25.2 Å². The number of fused-ring (bicyclic) bond motifs is 1. The Morgan fingerprint density at radius 2 is 1.96 bits per heavy atom. The molecule has 1 aliphatic rings. The molecule has 0 saturated carbocycles. The maximum atomic E-state index is 12.4. The number of aryl methyl sites for hydroxylation is 1. The van der Waals surface area contributed by atoms with Crippen molar-refractivity contribution in [2.24, 2.45) is 0 Å². The van der Waals surface area contributed by atoms with Crippen LogP contribution in [-0.2, 0) is 29.6 Å². The predicted octanol–water partition coefficient (Wildman–Crippen LogP) is 3.83. The molecule has 1 aliphatic heterocycles. The molecule has 0 radical (unpaired) electrons. The summed E-state index contributed by atoms with van der Waals surface area (Å²) in [5.74, 6) is 0. The average Bonchev–Trinajstić information content (AvgIpc) is 2.99. The molecule has 0 atom stereocenters. The molecule has 5 nitrogen and oxygen atoms in total. The molecule has 1 aromatic heterocycles. The molecular formula is C20H27N3O2. The van der Waals surface area contributed by atoms with Crippen LogP contribution in [0.3, 0.4) is 0 Å². The molecule has 0 spiro atoms. The lowest BCUT2D eigenvalue weighted by molar-refractivity contribution is 0.0954. The van der Waals surface area contributed by atoms with Crippen LogP contribution in [0.25, 0.3) is 0 Å². The fourth-order valence-electron chi connectivity index (χ4n) is 3.10. The van der Waals surface area contributed by atoms with E-state index in [-0.39, 0.29) is 11.5 Å². The number of carbonyl (C=O) groups is 1. The molecule has 134 valence electrons. The Kier molecular flexibility index (Phi) is 5.11. The second-order valence-corrected chi connectivity index (χ2v) is 7.67. The minimum Gasteiger partial charge on any atom is -0.445 e. The normalized spacial score (nSPS) is 15.2. The first kappa shape index (κ1) is 17.5. The van der Waals surface area contributed by atoms with Crippen LogP contribution in [0.15, 0.2) is 30.6 Å². The second kappa shape index (κ2) is 7.30. The summed E-state index contributed by atoms with van der Waals surface area (Å²) in [6.45, 7) is 8.26. The number of imidazole rings is 1. The molecule has 25 heavy (non-hydrogen) atoms. The van der Waals surface area contributed by atoms with E-state index in [1.54, 1.807) is 11.2 Å². The van der Waals surface area contributed by atoms with Gasteiger partial charge in [-0.2, -0.15) is 0 Å². The van der Waals surface area contributed by atoms with E-state index < -0.39 is 0 Å². The minimum atomic E-state index is -0.237. The summed E-state index contributed by atoms with van der Waals surface area (Å²) >= 11 is 0. The summed E-state index contributed by atoms with van der Waals surface area (Å²) in [6.07, 6.45) is 4.12. The van der Waals surface area contributed by atoms with E-state index in [9.17, 15) is 4.79 Å². The highest BCUT2D eigenvalue weighted by atomic mass is 16.6. The predicted molar refractivity (Wildman–Crippen MR) is 97.5 cm³/mol. The van der Waals surface area contributed by atoms with Gasteiger partial charge >= 0.3 is 6.09 Å². The summed E-state index contributed by atoms with van der Waals surface area (Å²) in [5, 5.41) is 0. The van der Waals surface area contributed by atoms with Crippen LogP contribution in [0.5, 0.6) is 0 Å². The first-order chi connectivity index (χ1) is 11.9. The number of hydrogen-bond donors (Lipinski definition) is 1. The molecular weight excluding hydrogens is 314 g/mol. The molecule has 5 heteroatoms. The Hall–Kier alpha value is -2.30. The monoisotopic (exact) mass is 341 g/mol. The van der Waals surface area contributed by atoms with Crippen molar-refractivity contribution >= 4 is 6.09 Å². The zero-order valence-corrected chi connectivity index (χ0v) is 15.3. The van der Waals surface area contributed by atoms with Crippen LogP contribution in [0.2, 0.25) is 0 Å². The molecule has 0 aliphatic carbocycles. The fourth-order valence-corrected chi connectivity index (χ4v) is 3.10. The van der Waals surface area contributed by atoms with Crippen molar-refractivity contribution in [3.63, 3.8) is 0 Å². The van der Waals surface area contributed by atoms with Crippen molar-refractivity contribution in [3.8, 4) is 0 Å². The van der Waals surface area contributed by atoms with Crippen LogP contribution < -0.4 is 0 Å². The summed E-state index contributed by atoms with van der Waals surface area (Å²) < 4.78 is 5.52. The van der Waals surface area contributed by atoms with E-state index in [4.69, 9.17) is 4.74 Å². The molecule has 0 bridgehead atoms. The van der Waals surface area contributed by atoms with E-state index >= 15 is 0 Å². The molecule has 0 fully saturated rings. The van der Waals surface area contributed by atoms with E-state index in [1.807, 2.05) is 12.1 Å². The first-order valence-electron chi connectivity index (χ1n) is 8.96. The SMILES string of the molecule is CC(C)(C)c1ccc(COC(=O)N2CCCc3[nH]cnc3CC2)cc1. The number of ether oxygens (including phenoxy) is 1. The number of carbonyl (C=O) groups excluding carboxylic acids is 1. The number of nitrogens with zero attached hydrogens (tertiary/aromatic N) is 2. The van der Waals surface area contributed by atoms with Gasteiger partial charge in [0.2, 0.25) is 0 Å². The van der Waals surface area contributed by atoms with Crippen molar-refractivity contribution in [3.05, 3.63) is 53.1 Å². The molecule has 2 heterocycles. The third-order valence-electron chi connectivity index (χ3n) is 4.72. The van der Waals surface area contributed by atoms with Crippen LogP contribution >= 0.6 is 0 Å². The Labute approximate surface area is 149 Å². The number of rotatable bonds is 2. The van der Waals surface area contributed by atoms with Crippen molar-refractivity contribution in [1.82, 2.24) is 14.9 Å². The molecule has 3 rings (SSSR count). The highest BCUT2D eigenvalue weighted by Gasteiger charge is 2.19. The number of aromatic amines is 1. The van der Waals surface area contributed by atoms with Crippen LogP contribution in [0, 0.1) is 0 Å². The van der Waals surface area contributed by atoms with E-state index in [1.165, 1.54) is 11.3 Å². The van der Waals surface area contributed by atoms with Crippen LogP contribution in [0.4, 0.5) is 4.79 Å². The third-order valence-corrected chi connectivity index (χ3v) is 4.72. The number of amides is 1. The van der Waals surface area contributed by atoms with Gasteiger partial charge in [-0.15, -0.1) is 0 Å². The van der Waals surface area contributed by atoms with Gasteiger partial charge in [-0.1, -0.05) is 45.0 Å². The van der Waals surface area contributed by atoms with Crippen molar-refractivity contribution in [2.45, 2.75) is 52.1 Å². The number of hydrogen-bond acceptors (Lipinski definition) is 3. The zero-order valence-electron chi connectivity index (χ0n) is 15.3. The summed E-state index contributed by atoms with van der Waals surface area (Å²) in [5.41, 5.74) is 4.69. The van der Waals surface area contributed by atoms with Crippen molar-refractivity contribution in [1.29, 1.82) is 0 Å². The Bertz CT molecular complexity index is 713. The number of benzene rings is 1. The maximum absolute atomic E-state index is 12.4. The van der Waals surface area contributed by atoms with Crippen LogP contribution in [0.1, 0.15) is 49.7 Å². The number of H-pyrrole nitrogens is 1. The Morgan fingerprint density at radius 3 is 2.68 bits per heavy atom. The van der Waals surface area contributed by atoms with E-state index in [2.05, 4.69) is 42.9 Å². The summed E-state index contributed by atoms with van der Waals surface area (Å²) in [6, 6.07) is 8.30. The van der Waals surface area contributed by atoms with Gasteiger partial charge in [-0.3, -0.25) is 0 Å². The van der Waals surface area contributed by atoms with Gasteiger partial charge in [0.15, 0.2) is 0 Å². The smallest absolute Gasteiger partial charge is 0.410 e. The topological polar surface area (TPSA) is 58.2 Å². The lowest BCUT2D eigenvalue weighted by atomic mass is 9.87. The lowest BCUT2D eigenvalue weighted by Gasteiger charge is -2.24. The van der Waals surface area contributed by atoms with Gasteiger partial charge < -0.3 is 14.6 Å². The zero-order chi connectivity index (χ0) is 17.9. The van der Waals surface area contributed by atoms with Gasteiger partial charge in [-0.25, -0.2) is 9.78 Å². The minimum absolute atomic E-state index is 0.130. The van der Waals surface area contributed by atoms with Gasteiger partial charge in [-0.05, 0) is 29.4 Å². The fraction of sp³-hybridized carbons (Fsp3) is 0.500. The summed E-state index contributed by atoms with van der Waals surface area (Å²) in [4.78, 5) is 21.7. The Balaban J connectivity index is 1.54. The number of nitrogens with one attached hydrogen (secondary N) is 1. The molecule has 0 unspecified atom stereocenters. The molecule has 1 aromatic carbocycles. The molecule has 0 saturated heterocycles. The molecule has 1 amide bonds. The lowest BCUT2D eigenvalue weighted by Crippen LogP contribution is -2.35. The van der Waals surface area contributed by atoms with Gasteiger partial charge in [0.1, 0.15) is 6.61 Å². The summed E-state index contributed by atoms with van der Waals surface area (Å²) in [7, 11) is 0. The van der Waals surface area contributed by atoms with Gasteiger partial charge in [0.05, 0.1) is 12.0 Å². The maximum Gasteiger partial charge on any atom is 0.410 e. The Morgan fingerprint density at radius 1 is 1.20 bits per heavy atom. The standard InChI is InChI=1S/C20H27N3O2/c1-20(2,3)16-8-6-15(7-9-16)13-25-19(24)23-11-4-5-17-18(10-12-23)22-14-21-17/h6-9,14H,4-5,10-13H2,1-3H3,(H,21,22). The third kappa shape index (κ3) is 4.41. The van der Waals surface area contributed by atoms with Crippen LogP contribution in [-0.4, -0.2) is 34.1 Å². The highest BCUT2D eigenvalue weighted by Crippen LogP contribution is 2.22. The highest BCUT2D eigenvalue weighted by molar-refractivity contribution is 5.67. The largest absolute Gasteiger partial charge is 0.445 e. The number of aromatic nitrogens is 2. The average molecular weight is 341 g/mol. The van der Waals surface area contributed by atoms with Gasteiger partial charge in [0.25, 0.3) is 0 Å². The van der Waals surface area contributed by atoms with Crippen molar-refractivity contribution in [2.75, 3.05) is 13.1 Å². The molecule has 2 aromatic rings. The van der Waals surface area contributed by atoms with E-state index in [0.717, 1.165) is 37.1 Å².